The quantitative estimate of drug-likeness (QED) is 0.581. The Morgan fingerprint density at radius 3 is 2.22 bits per heavy atom. The molecule has 0 aromatic heterocycles. The number of ether oxygens (including phenoxy) is 1. The van der Waals surface area contributed by atoms with Gasteiger partial charge in [0.25, 0.3) is 5.91 Å². The smallest absolute Gasteiger partial charge is 0.331 e. The summed E-state index contributed by atoms with van der Waals surface area (Å²) in [4.78, 5) is 23.9. The molecule has 1 unspecified atom stereocenters. The summed E-state index contributed by atoms with van der Waals surface area (Å²) in [6.45, 7) is 3.40. The minimum absolute atomic E-state index is 0.0683. The average Bonchev–Trinajstić information content (AvgIpc) is 2.61. The highest BCUT2D eigenvalue weighted by atomic mass is 32.2. The van der Waals surface area contributed by atoms with Gasteiger partial charge in [-0.2, -0.15) is 0 Å². The third-order valence-corrected chi connectivity index (χ3v) is 4.53. The summed E-state index contributed by atoms with van der Waals surface area (Å²) in [5, 5.41) is 7.54. The highest BCUT2D eigenvalue weighted by Gasteiger charge is 2.17. The third-order valence-electron chi connectivity index (χ3n) is 3.60. The van der Waals surface area contributed by atoms with Gasteiger partial charge in [0.2, 0.25) is 10.0 Å². The van der Waals surface area contributed by atoms with E-state index in [1.54, 1.807) is 6.08 Å². The highest BCUT2D eigenvalue weighted by Crippen LogP contribution is 2.13. The van der Waals surface area contributed by atoms with E-state index in [-0.39, 0.29) is 4.90 Å². The van der Waals surface area contributed by atoms with Gasteiger partial charge in [-0.3, -0.25) is 4.79 Å². The second kappa shape index (κ2) is 8.61. The molecule has 0 saturated carbocycles. The molecule has 1 amide bonds. The summed E-state index contributed by atoms with van der Waals surface area (Å²) >= 11 is 0. The monoisotopic (exact) mass is 388 g/mol. The lowest BCUT2D eigenvalue weighted by atomic mass is 10.1. The zero-order chi connectivity index (χ0) is 20.0. The maximum absolute atomic E-state index is 12.1. The Labute approximate surface area is 157 Å². The molecule has 2 rings (SSSR count). The van der Waals surface area contributed by atoms with Crippen LogP contribution >= 0.6 is 0 Å². The van der Waals surface area contributed by atoms with Gasteiger partial charge in [-0.15, -0.1) is 0 Å². The van der Waals surface area contributed by atoms with Gasteiger partial charge < -0.3 is 10.1 Å². The molecule has 0 aliphatic heterocycles. The number of sulfonamides is 1. The number of hydrogen-bond acceptors (Lipinski definition) is 5. The molecule has 2 aromatic carbocycles. The van der Waals surface area contributed by atoms with Crippen LogP contribution in [0.25, 0.3) is 6.08 Å². The summed E-state index contributed by atoms with van der Waals surface area (Å²) < 4.78 is 27.5. The standard InChI is InChI=1S/C19H20N2O5S/c1-13-3-5-15(6-4-13)7-12-18(22)26-14(2)19(23)21-16-8-10-17(11-9-16)27(20,24)25/h3-12,14H,1-2H3,(H,21,23)(H2,20,24,25)/b12-7+. The number of carbonyl (C=O) groups is 2. The Kier molecular flexibility index (Phi) is 6.49. The van der Waals surface area contributed by atoms with Crippen molar-refractivity contribution in [2.24, 2.45) is 5.14 Å². The average molecular weight is 388 g/mol. The predicted octanol–water partition coefficient (Wildman–Crippen LogP) is 2.23. The number of nitrogens with two attached hydrogens (primary N) is 1. The van der Waals surface area contributed by atoms with E-state index in [2.05, 4.69) is 5.32 Å². The molecule has 0 fully saturated rings. The van der Waals surface area contributed by atoms with Crippen molar-refractivity contribution in [3.05, 3.63) is 65.7 Å². The number of nitrogens with one attached hydrogen (secondary N) is 1. The van der Waals surface area contributed by atoms with E-state index in [1.165, 1.54) is 37.3 Å². The minimum Gasteiger partial charge on any atom is -0.449 e. The van der Waals surface area contributed by atoms with Gasteiger partial charge in [0.05, 0.1) is 4.90 Å². The lowest BCUT2D eigenvalue weighted by Gasteiger charge is -2.12. The van der Waals surface area contributed by atoms with Crippen molar-refractivity contribution in [1.82, 2.24) is 0 Å². The van der Waals surface area contributed by atoms with Gasteiger partial charge in [0.1, 0.15) is 0 Å². The molecule has 3 N–H and O–H groups in total. The zero-order valence-corrected chi connectivity index (χ0v) is 15.7. The van der Waals surface area contributed by atoms with E-state index in [9.17, 15) is 18.0 Å². The van der Waals surface area contributed by atoms with Gasteiger partial charge in [0.15, 0.2) is 6.10 Å². The Hall–Kier alpha value is -2.97. The first kappa shape index (κ1) is 20.3. The van der Waals surface area contributed by atoms with Gasteiger partial charge in [-0.05, 0) is 49.8 Å². The molecule has 0 spiro atoms. The SMILES string of the molecule is Cc1ccc(/C=C/C(=O)OC(C)C(=O)Nc2ccc(S(N)(=O)=O)cc2)cc1. The Balaban J connectivity index is 1.91. The number of benzene rings is 2. The molecule has 0 bridgehead atoms. The zero-order valence-electron chi connectivity index (χ0n) is 14.9. The van der Waals surface area contributed by atoms with Crippen LogP contribution in [-0.4, -0.2) is 26.4 Å². The molecule has 27 heavy (non-hydrogen) atoms. The number of aryl methyl sites for hydroxylation is 1. The minimum atomic E-state index is -3.80. The van der Waals surface area contributed by atoms with E-state index in [0.717, 1.165) is 11.1 Å². The second-order valence-corrected chi connectivity index (χ2v) is 7.44. The van der Waals surface area contributed by atoms with E-state index in [0.29, 0.717) is 5.69 Å². The Bertz CT molecular complexity index is 949. The fraction of sp³-hybridized carbons (Fsp3) is 0.158. The molecule has 7 nitrogen and oxygen atoms in total. The summed E-state index contributed by atoms with van der Waals surface area (Å²) in [5.41, 5.74) is 2.30. The first-order valence-electron chi connectivity index (χ1n) is 8.04. The summed E-state index contributed by atoms with van der Waals surface area (Å²) in [6, 6.07) is 12.9. The molecule has 0 saturated heterocycles. The van der Waals surface area contributed by atoms with Crippen LogP contribution in [0.2, 0.25) is 0 Å². The molecule has 0 radical (unpaired) electrons. The van der Waals surface area contributed by atoms with Crippen LogP contribution in [0, 0.1) is 6.92 Å². The second-order valence-electron chi connectivity index (χ2n) is 5.88. The number of primary sulfonamides is 1. The van der Waals surface area contributed by atoms with Crippen LogP contribution in [-0.2, 0) is 24.3 Å². The summed E-state index contributed by atoms with van der Waals surface area (Å²) in [5.74, 6) is -1.20. The lowest BCUT2D eigenvalue weighted by Crippen LogP contribution is -2.29. The van der Waals surface area contributed by atoms with Crippen molar-refractivity contribution in [2.45, 2.75) is 24.8 Å². The number of anilines is 1. The maximum Gasteiger partial charge on any atom is 0.331 e. The first-order chi connectivity index (χ1) is 12.6. The Morgan fingerprint density at radius 2 is 1.67 bits per heavy atom. The predicted molar refractivity (Wildman–Crippen MR) is 102 cm³/mol. The number of carbonyl (C=O) groups excluding carboxylic acids is 2. The topological polar surface area (TPSA) is 116 Å². The molecule has 0 aliphatic rings. The number of hydrogen-bond donors (Lipinski definition) is 2. The normalized spacial score (nSPS) is 12.6. The van der Waals surface area contributed by atoms with Gasteiger partial charge >= 0.3 is 5.97 Å². The van der Waals surface area contributed by atoms with Crippen LogP contribution < -0.4 is 10.5 Å². The van der Waals surface area contributed by atoms with Crippen LogP contribution in [0.5, 0.6) is 0 Å². The number of rotatable bonds is 6. The van der Waals surface area contributed by atoms with Crippen molar-refractivity contribution in [3.63, 3.8) is 0 Å². The maximum atomic E-state index is 12.1. The molecule has 0 aliphatic carbocycles. The van der Waals surface area contributed by atoms with Crippen LogP contribution in [0.4, 0.5) is 5.69 Å². The van der Waals surface area contributed by atoms with Crippen molar-refractivity contribution >= 4 is 33.7 Å². The van der Waals surface area contributed by atoms with Gasteiger partial charge in [0, 0.05) is 11.8 Å². The van der Waals surface area contributed by atoms with Crippen LogP contribution in [0.15, 0.2) is 59.5 Å². The first-order valence-corrected chi connectivity index (χ1v) is 9.59. The summed E-state index contributed by atoms with van der Waals surface area (Å²) in [6.07, 6.45) is 1.81. The van der Waals surface area contributed by atoms with Crippen molar-refractivity contribution in [3.8, 4) is 0 Å². The van der Waals surface area contributed by atoms with Crippen LogP contribution in [0.1, 0.15) is 18.1 Å². The molecule has 2 aromatic rings. The van der Waals surface area contributed by atoms with E-state index >= 15 is 0 Å². The molecular formula is C19H20N2O5S. The van der Waals surface area contributed by atoms with Gasteiger partial charge in [-0.25, -0.2) is 18.4 Å². The van der Waals surface area contributed by atoms with E-state index in [1.807, 2.05) is 31.2 Å². The molecule has 1 atom stereocenters. The van der Waals surface area contributed by atoms with Gasteiger partial charge in [-0.1, -0.05) is 29.8 Å². The Morgan fingerprint density at radius 1 is 1.07 bits per heavy atom. The molecular weight excluding hydrogens is 368 g/mol. The fourth-order valence-corrected chi connectivity index (χ4v) is 2.60. The molecule has 142 valence electrons. The number of esters is 1. The van der Waals surface area contributed by atoms with E-state index in [4.69, 9.17) is 9.88 Å². The lowest BCUT2D eigenvalue weighted by molar-refractivity contribution is -0.148. The molecule has 0 heterocycles. The molecule has 8 heteroatoms. The number of amides is 1. The van der Waals surface area contributed by atoms with Crippen molar-refractivity contribution in [1.29, 1.82) is 0 Å². The van der Waals surface area contributed by atoms with E-state index < -0.39 is 28.0 Å². The third kappa shape index (κ3) is 6.36. The van der Waals surface area contributed by atoms with Crippen LogP contribution in [0.3, 0.4) is 0 Å². The van der Waals surface area contributed by atoms with Crippen molar-refractivity contribution < 1.29 is 22.7 Å². The van der Waals surface area contributed by atoms with Crippen molar-refractivity contribution in [2.75, 3.05) is 5.32 Å². The largest absolute Gasteiger partial charge is 0.449 e. The summed E-state index contributed by atoms with van der Waals surface area (Å²) in [7, 11) is -3.80. The fourth-order valence-electron chi connectivity index (χ4n) is 2.08. The highest BCUT2D eigenvalue weighted by molar-refractivity contribution is 7.89.